The van der Waals surface area contributed by atoms with E-state index in [2.05, 4.69) is 39.2 Å². The summed E-state index contributed by atoms with van der Waals surface area (Å²) in [4.78, 5) is 4.87. The fourth-order valence-electron chi connectivity index (χ4n) is 4.04. The molecular formula is C23H37IN6O2. The molecule has 1 aliphatic rings. The van der Waals surface area contributed by atoms with Crippen molar-refractivity contribution in [1.82, 2.24) is 25.4 Å². The van der Waals surface area contributed by atoms with Crippen LogP contribution in [0.3, 0.4) is 0 Å². The van der Waals surface area contributed by atoms with Gasteiger partial charge in [-0.2, -0.15) is 0 Å². The summed E-state index contributed by atoms with van der Waals surface area (Å²) in [6.45, 7) is 6.53. The first-order valence-electron chi connectivity index (χ1n) is 11.3. The van der Waals surface area contributed by atoms with E-state index in [1.165, 1.54) is 25.7 Å². The van der Waals surface area contributed by atoms with Gasteiger partial charge < -0.3 is 24.7 Å². The Labute approximate surface area is 208 Å². The van der Waals surface area contributed by atoms with Crippen LogP contribution in [0, 0.1) is 5.92 Å². The third-order valence-corrected chi connectivity index (χ3v) is 5.96. The molecule has 0 saturated heterocycles. The molecular weight excluding hydrogens is 519 g/mol. The number of methoxy groups -OCH3 is 2. The van der Waals surface area contributed by atoms with E-state index in [1.54, 1.807) is 20.5 Å². The Hall–Kier alpha value is -2.04. The number of aryl methyl sites for hydroxylation is 1. The molecule has 0 radical (unpaired) electrons. The molecule has 8 nitrogen and oxygen atoms in total. The van der Waals surface area contributed by atoms with Crippen LogP contribution in [0.5, 0.6) is 11.5 Å². The highest BCUT2D eigenvalue weighted by Gasteiger charge is 2.22. The van der Waals surface area contributed by atoms with Gasteiger partial charge in [0.05, 0.1) is 20.8 Å². The highest BCUT2D eigenvalue weighted by Crippen LogP contribution is 2.28. The van der Waals surface area contributed by atoms with E-state index in [9.17, 15) is 0 Å². The summed E-state index contributed by atoms with van der Waals surface area (Å²) in [6.07, 6.45) is 7.70. The number of benzene rings is 1. The van der Waals surface area contributed by atoms with Crippen molar-refractivity contribution in [3.05, 3.63) is 35.9 Å². The molecule has 0 bridgehead atoms. The van der Waals surface area contributed by atoms with Crippen molar-refractivity contribution in [1.29, 1.82) is 0 Å². The van der Waals surface area contributed by atoms with Crippen molar-refractivity contribution in [3.63, 3.8) is 0 Å². The highest BCUT2D eigenvalue weighted by atomic mass is 127. The van der Waals surface area contributed by atoms with E-state index in [0.29, 0.717) is 18.5 Å². The number of ether oxygens (including phenoxy) is 2. The lowest BCUT2D eigenvalue weighted by Gasteiger charge is -2.31. The van der Waals surface area contributed by atoms with Crippen molar-refractivity contribution >= 4 is 29.9 Å². The summed E-state index contributed by atoms with van der Waals surface area (Å²) >= 11 is 0. The minimum Gasteiger partial charge on any atom is -0.493 e. The summed E-state index contributed by atoms with van der Waals surface area (Å²) in [5.74, 6) is 3.94. The number of nitrogens with one attached hydrogen (secondary N) is 2. The average molecular weight is 556 g/mol. The molecule has 3 rings (SSSR count). The summed E-state index contributed by atoms with van der Waals surface area (Å²) in [6, 6.07) is 6.38. The Morgan fingerprint density at radius 3 is 2.69 bits per heavy atom. The van der Waals surface area contributed by atoms with Crippen LogP contribution in [0.1, 0.15) is 50.9 Å². The predicted octanol–water partition coefficient (Wildman–Crippen LogP) is 3.79. The Morgan fingerprint density at radius 2 is 1.97 bits per heavy atom. The number of rotatable bonds is 9. The van der Waals surface area contributed by atoms with Crippen LogP contribution < -0.4 is 20.1 Å². The zero-order valence-electron chi connectivity index (χ0n) is 19.6. The second-order valence-electron chi connectivity index (χ2n) is 8.09. The zero-order valence-corrected chi connectivity index (χ0v) is 22.0. The molecule has 2 N–H and O–H groups in total. The van der Waals surface area contributed by atoms with Crippen molar-refractivity contribution in [2.24, 2.45) is 10.9 Å². The molecule has 2 unspecified atom stereocenters. The smallest absolute Gasteiger partial charge is 0.191 e. The average Bonchev–Trinajstić information content (AvgIpc) is 3.26. The molecule has 1 aromatic carbocycles. The Kier molecular flexibility index (Phi) is 11.1. The maximum Gasteiger partial charge on any atom is 0.191 e. The van der Waals surface area contributed by atoms with E-state index in [4.69, 9.17) is 14.5 Å². The van der Waals surface area contributed by atoms with Gasteiger partial charge in [-0.15, -0.1) is 34.2 Å². The third-order valence-electron chi connectivity index (χ3n) is 5.96. The van der Waals surface area contributed by atoms with Gasteiger partial charge in [0.1, 0.15) is 12.2 Å². The highest BCUT2D eigenvalue weighted by molar-refractivity contribution is 14.0. The van der Waals surface area contributed by atoms with Crippen LogP contribution in [0.25, 0.3) is 0 Å². The predicted molar refractivity (Wildman–Crippen MR) is 138 cm³/mol. The Balaban J connectivity index is 0.00000363. The first kappa shape index (κ1) is 26.2. The number of aliphatic imine (C=N–C) groups is 1. The monoisotopic (exact) mass is 556 g/mol. The van der Waals surface area contributed by atoms with Crippen LogP contribution in [-0.2, 0) is 19.5 Å². The number of nitrogens with zero attached hydrogens (tertiary/aromatic N) is 4. The van der Waals surface area contributed by atoms with Crippen LogP contribution >= 0.6 is 24.0 Å². The summed E-state index contributed by atoms with van der Waals surface area (Å²) < 4.78 is 12.9. The summed E-state index contributed by atoms with van der Waals surface area (Å²) in [5, 5.41) is 15.4. The minimum absolute atomic E-state index is 0. The van der Waals surface area contributed by atoms with Crippen molar-refractivity contribution < 1.29 is 9.47 Å². The SMILES string of the molecule is CCc1nncn1CCNC(=NCc1ccc(OC)c(OC)c1)NC1CCCCC1C.I. The van der Waals surface area contributed by atoms with E-state index in [0.717, 1.165) is 48.4 Å². The van der Waals surface area contributed by atoms with Gasteiger partial charge in [-0.05, 0) is 36.5 Å². The fraction of sp³-hybridized carbons (Fsp3) is 0.609. The first-order chi connectivity index (χ1) is 15.1. The summed E-state index contributed by atoms with van der Waals surface area (Å²) in [7, 11) is 3.30. The molecule has 2 aromatic rings. The first-order valence-corrected chi connectivity index (χ1v) is 11.3. The number of aromatic nitrogens is 3. The number of halogens is 1. The van der Waals surface area contributed by atoms with Gasteiger partial charge in [0.15, 0.2) is 17.5 Å². The minimum atomic E-state index is 0. The lowest BCUT2D eigenvalue weighted by molar-refractivity contribution is 0.306. The maximum absolute atomic E-state index is 5.43. The second kappa shape index (κ2) is 13.5. The van der Waals surface area contributed by atoms with Gasteiger partial charge in [-0.1, -0.05) is 32.8 Å². The number of hydrogen-bond donors (Lipinski definition) is 2. The third kappa shape index (κ3) is 7.25. The van der Waals surface area contributed by atoms with Crippen molar-refractivity contribution in [2.45, 2.75) is 65.1 Å². The molecule has 0 amide bonds. The van der Waals surface area contributed by atoms with Crippen LogP contribution in [0.4, 0.5) is 0 Å². The molecule has 1 heterocycles. The lowest BCUT2D eigenvalue weighted by atomic mass is 9.86. The van der Waals surface area contributed by atoms with Crippen LogP contribution in [0.15, 0.2) is 29.5 Å². The van der Waals surface area contributed by atoms with E-state index in [1.807, 2.05) is 18.2 Å². The molecule has 2 atom stereocenters. The number of guanidine groups is 1. The van der Waals surface area contributed by atoms with Crippen molar-refractivity contribution in [3.8, 4) is 11.5 Å². The Morgan fingerprint density at radius 1 is 1.19 bits per heavy atom. The van der Waals surface area contributed by atoms with Gasteiger partial charge >= 0.3 is 0 Å². The Bertz CT molecular complexity index is 857. The van der Waals surface area contributed by atoms with Gasteiger partial charge in [-0.3, -0.25) is 0 Å². The molecule has 178 valence electrons. The second-order valence-corrected chi connectivity index (χ2v) is 8.09. The van der Waals surface area contributed by atoms with E-state index >= 15 is 0 Å². The van der Waals surface area contributed by atoms with Gasteiger partial charge in [0.2, 0.25) is 0 Å². The molecule has 1 fully saturated rings. The molecule has 1 aliphatic carbocycles. The quantitative estimate of drug-likeness (QED) is 0.278. The van der Waals surface area contributed by atoms with Gasteiger partial charge in [0.25, 0.3) is 0 Å². The lowest BCUT2D eigenvalue weighted by Crippen LogP contribution is -2.47. The molecule has 1 aromatic heterocycles. The molecule has 32 heavy (non-hydrogen) atoms. The fourth-order valence-corrected chi connectivity index (χ4v) is 4.04. The standard InChI is InChI=1S/C23H36N6O2.HI/c1-5-22-28-26-16-29(22)13-12-24-23(27-19-9-7-6-8-17(19)2)25-15-18-10-11-20(30-3)21(14-18)31-4;/h10-11,14,16-17,19H,5-9,12-13,15H2,1-4H3,(H2,24,25,27);1H. The van der Waals surface area contributed by atoms with Crippen LogP contribution in [0.2, 0.25) is 0 Å². The molecule has 1 saturated carbocycles. The van der Waals surface area contributed by atoms with E-state index in [-0.39, 0.29) is 24.0 Å². The molecule has 9 heteroatoms. The topological polar surface area (TPSA) is 85.6 Å². The van der Waals surface area contributed by atoms with Gasteiger partial charge in [-0.25, -0.2) is 4.99 Å². The normalized spacial score (nSPS) is 18.6. The maximum atomic E-state index is 5.43. The van der Waals surface area contributed by atoms with E-state index < -0.39 is 0 Å². The number of hydrogen-bond acceptors (Lipinski definition) is 5. The molecule has 0 aliphatic heterocycles. The largest absolute Gasteiger partial charge is 0.493 e. The molecule has 0 spiro atoms. The van der Waals surface area contributed by atoms with Crippen molar-refractivity contribution in [2.75, 3.05) is 20.8 Å². The van der Waals surface area contributed by atoms with Crippen LogP contribution in [-0.4, -0.2) is 47.5 Å². The zero-order chi connectivity index (χ0) is 22.1. The summed E-state index contributed by atoms with van der Waals surface area (Å²) in [5.41, 5.74) is 1.07. The van der Waals surface area contributed by atoms with Gasteiger partial charge in [0, 0.05) is 25.6 Å².